The van der Waals surface area contributed by atoms with Gasteiger partial charge in [0.1, 0.15) is 0 Å². The molecule has 0 saturated carbocycles. The van der Waals surface area contributed by atoms with Crippen molar-refractivity contribution in [3.05, 3.63) is 23.9 Å². The molecule has 0 bridgehead atoms. The molecule has 1 aromatic heterocycles. The molecule has 5 nitrogen and oxygen atoms in total. The molecule has 1 aromatic rings. The van der Waals surface area contributed by atoms with Gasteiger partial charge in [-0.25, -0.2) is 4.98 Å². The zero-order valence-corrected chi connectivity index (χ0v) is 13.5. The Bertz CT molecular complexity index is 455. The van der Waals surface area contributed by atoms with Gasteiger partial charge in [-0.05, 0) is 44.3 Å². The fourth-order valence-electron chi connectivity index (χ4n) is 3.33. The van der Waals surface area contributed by atoms with E-state index in [4.69, 9.17) is 9.47 Å². The lowest BCUT2D eigenvalue weighted by Gasteiger charge is -2.33. The van der Waals surface area contributed by atoms with Gasteiger partial charge in [-0.15, -0.1) is 0 Å². The lowest BCUT2D eigenvalue weighted by Crippen LogP contribution is -2.43. The molecule has 1 atom stereocenters. The minimum Gasteiger partial charge on any atom is -0.481 e. The number of ether oxygens (including phenoxy) is 2. The second-order valence-electron chi connectivity index (χ2n) is 6.36. The maximum Gasteiger partial charge on any atom is 0.213 e. The molecule has 3 heterocycles. The topological polar surface area (TPSA) is 46.6 Å². The molecule has 2 fully saturated rings. The number of hydrogen-bond donors (Lipinski definition) is 1. The van der Waals surface area contributed by atoms with Gasteiger partial charge in [0, 0.05) is 31.8 Å². The summed E-state index contributed by atoms with van der Waals surface area (Å²) in [5.74, 6) is 1.44. The summed E-state index contributed by atoms with van der Waals surface area (Å²) in [4.78, 5) is 7.05. The van der Waals surface area contributed by atoms with Gasteiger partial charge in [0.25, 0.3) is 0 Å². The van der Waals surface area contributed by atoms with Crippen LogP contribution in [0.5, 0.6) is 5.88 Å². The van der Waals surface area contributed by atoms with Crippen LogP contribution in [0.2, 0.25) is 0 Å². The van der Waals surface area contributed by atoms with E-state index >= 15 is 0 Å². The first-order valence-electron chi connectivity index (χ1n) is 8.37. The molecular formula is C17H27N3O2. The molecule has 2 aliphatic heterocycles. The first kappa shape index (κ1) is 15.7. The molecular weight excluding hydrogens is 278 g/mol. The predicted molar refractivity (Wildman–Crippen MR) is 86.0 cm³/mol. The molecule has 0 aliphatic carbocycles. The summed E-state index contributed by atoms with van der Waals surface area (Å²) in [6.07, 6.45) is 3.68. The van der Waals surface area contributed by atoms with Gasteiger partial charge in [0.15, 0.2) is 0 Å². The van der Waals surface area contributed by atoms with Gasteiger partial charge in [0.05, 0.1) is 19.4 Å². The summed E-state index contributed by atoms with van der Waals surface area (Å²) in [5, 5.41) is 3.63. The largest absolute Gasteiger partial charge is 0.481 e. The highest BCUT2D eigenvalue weighted by atomic mass is 16.5. The number of rotatable bonds is 6. The van der Waals surface area contributed by atoms with Crippen LogP contribution in [0, 0.1) is 5.92 Å². The van der Waals surface area contributed by atoms with Crippen molar-refractivity contribution in [2.75, 3.05) is 40.0 Å². The number of nitrogens with one attached hydrogen (secondary N) is 1. The Morgan fingerprint density at radius 2 is 2.18 bits per heavy atom. The maximum atomic E-state index is 5.47. The van der Waals surface area contributed by atoms with Gasteiger partial charge in [-0.3, -0.25) is 0 Å². The van der Waals surface area contributed by atoms with E-state index < -0.39 is 0 Å². The standard InChI is InChI=1S/C17H27N3O2/c1-21-17-4-2-3-16(19-17)11-18-15-5-8-20(9-6-15)12-14-7-10-22-13-14/h2-4,14-15,18H,5-13H2,1H3. The van der Waals surface area contributed by atoms with Crippen LogP contribution in [-0.2, 0) is 11.3 Å². The van der Waals surface area contributed by atoms with Crippen LogP contribution in [0.1, 0.15) is 25.0 Å². The SMILES string of the molecule is COc1cccc(CNC2CCN(CC3CCOC3)CC2)n1. The fraction of sp³-hybridized carbons (Fsp3) is 0.706. The first-order chi connectivity index (χ1) is 10.8. The van der Waals surface area contributed by atoms with Crippen molar-refractivity contribution in [2.45, 2.75) is 31.8 Å². The summed E-state index contributed by atoms with van der Waals surface area (Å²) in [5.41, 5.74) is 1.05. The zero-order valence-electron chi connectivity index (χ0n) is 13.5. The van der Waals surface area contributed by atoms with Crippen LogP contribution in [0.15, 0.2) is 18.2 Å². The lowest BCUT2D eigenvalue weighted by molar-refractivity contribution is 0.147. The predicted octanol–water partition coefficient (Wildman–Crippen LogP) is 1.68. The number of piperidine rings is 1. The third-order valence-electron chi connectivity index (χ3n) is 4.69. The molecule has 122 valence electrons. The average Bonchev–Trinajstić information content (AvgIpc) is 3.07. The van der Waals surface area contributed by atoms with Gasteiger partial charge >= 0.3 is 0 Å². The van der Waals surface area contributed by atoms with Crippen molar-refractivity contribution in [1.82, 2.24) is 15.2 Å². The Kier molecular flexibility index (Phi) is 5.64. The molecule has 0 spiro atoms. The average molecular weight is 305 g/mol. The van der Waals surface area contributed by atoms with E-state index in [2.05, 4.69) is 15.2 Å². The smallest absolute Gasteiger partial charge is 0.213 e. The van der Waals surface area contributed by atoms with Crippen molar-refractivity contribution in [3.63, 3.8) is 0 Å². The number of aromatic nitrogens is 1. The highest BCUT2D eigenvalue weighted by Crippen LogP contribution is 2.18. The van der Waals surface area contributed by atoms with Crippen LogP contribution in [0.4, 0.5) is 0 Å². The van der Waals surface area contributed by atoms with Gasteiger partial charge in [-0.1, -0.05) is 6.07 Å². The number of nitrogens with zero attached hydrogens (tertiary/aromatic N) is 2. The van der Waals surface area contributed by atoms with Crippen LogP contribution in [0.25, 0.3) is 0 Å². The quantitative estimate of drug-likeness (QED) is 0.866. The number of likely N-dealkylation sites (tertiary alicyclic amines) is 1. The summed E-state index contributed by atoms with van der Waals surface area (Å²) < 4.78 is 10.6. The Hall–Kier alpha value is -1.17. The maximum absolute atomic E-state index is 5.47. The normalized spacial score (nSPS) is 23.8. The van der Waals surface area contributed by atoms with Crippen LogP contribution in [-0.4, -0.2) is 55.9 Å². The Morgan fingerprint density at radius 1 is 1.32 bits per heavy atom. The van der Waals surface area contributed by atoms with Gasteiger partial charge < -0.3 is 19.7 Å². The van der Waals surface area contributed by atoms with E-state index in [1.54, 1.807) is 7.11 Å². The molecule has 3 rings (SSSR count). The molecule has 0 aromatic carbocycles. The molecule has 22 heavy (non-hydrogen) atoms. The number of hydrogen-bond acceptors (Lipinski definition) is 5. The van der Waals surface area contributed by atoms with Crippen molar-refractivity contribution in [1.29, 1.82) is 0 Å². The minimum atomic E-state index is 0.601. The molecule has 0 radical (unpaired) electrons. The van der Waals surface area contributed by atoms with E-state index in [9.17, 15) is 0 Å². The van der Waals surface area contributed by atoms with Crippen molar-refractivity contribution < 1.29 is 9.47 Å². The monoisotopic (exact) mass is 305 g/mol. The first-order valence-corrected chi connectivity index (χ1v) is 8.37. The fourth-order valence-corrected chi connectivity index (χ4v) is 3.33. The zero-order chi connectivity index (χ0) is 15.2. The second-order valence-corrected chi connectivity index (χ2v) is 6.36. The Labute approximate surface area is 133 Å². The van der Waals surface area contributed by atoms with E-state index in [0.29, 0.717) is 11.9 Å². The van der Waals surface area contributed by atoms with Crippen molar-refractivity contribution in [2.24, 2.45) is 5.92 Å². The molecule has 1 N–H and O–H groups in total. The molecule has 1 unspecified atom stereocenters. The van der Waals surface area contributed by atoms with E-state index in [0.717, 1.165) is 31.4 Å². The highest BCUT2D eigenvalue weighted by Gasteiger charge is 2.23. The third kappa shape index (κ3) is 4.41. The number of pyridine rings is 1. The lowest BCUT2D eigenvalue weighted by atomic mass is 10.0. The van der Waals surface area contributed by atoms with Crippen LogP contribution in [0.3, 0.4) is 0 Å². The Balaban J connectivity index is 1.38. The van der Waals surface area contributed by atoms with E-state index in [1.807, 2.05) is 18.2 Å². The third-order valence-corrected chi connectivity index (χ3v) is 4.69. The van der Waals surface area contributed by atoms with Gasteiger partial charge in [0.2, 0.25) is 5.88 Å². The summed E-state index contributed by atoms with van der Waals surface area (Å²) >= 11 is 0. The van der Waals surface area contributed by atoms with E-state index in [1.165, 1.54) is 38.9 Å². The van der Waals surface area contributed by atoms with Crippen LogP contribution >= 0.6 is 0 Å². The molecule has 2 aliphatic rings. The van der Waals surface area contributed by atoms with Crippen molar-refractivity contribution >= 4 is 0 Å². The highest BCUT2D eigenvalue weighted by molar-refractivity contribution is 5.15. The molecule has 5 heteroatoms. The van der Waals surface area contributed by atoms with Crippen molar-refractivity contribution in [3.8, 4) is 5.88 Å². The summed E-state index contributed by atoms with van der Waals surface area (Å²) in [6, 6.07) is 6.53. The molecule has 0 amide bonds. The summed E-state index contributed by atoms with van der Waals surface area (Å²) in [7, 11) is 1.66. The van der Waals surface area contributed by atoms with Gasteiger partial charge in [-0.2, -0.15) is 0 Å². The molecule has 2 saturated heterocycles. The van der Waals surface area contributed by atoms with E-state index in [-0.39, 0.29) is 0 Å². The minimum absolute atomic E-state index is 0.601. The van der Waals surface area contributed by atoms with Crippen LogP contribution < -0.4 is 10.1 Å². The second kappa shape index (κ2) is 7.90. The number of methoxy groups -OCH3 is 1. The Morgan fingerprint density at radius 3 is 2.91 bits per heavy atom. The summed E-state index contributed by atoms with van der Waals surface area (Å²) in [6.45, 7) is 6.33.